The molecule has 0 spiro atoms. The van der Waals surface area contributed by atoms with Crippen LogP contribution >= 0.6 is 0 Å². The summed E-state index contributed by atoms with van der Waals surface area (Å²) in [4.78, 5) is 0. The van der Waals surface area contributed by atoms with E-state index in [1.165, 1.54) is 7.11 Å². The van der Waals surface area contributed by atoms with Gasteiger partial charge in [0.2, 0.25) is 0 Å². The van der Waals surface area contributed by atoms with Crippen molar-refractivity contribution in [3.8, 4) is 5.75 Å². The molecule has 1 N–H and O–H groups in total. The molecule has 0 fully saturated rings. The van der Waals surface area contributed by atoms with Crippen LogP contribution in [0, 0.1) is 19.7 Å². The van der Waals surface area contributed by atoms with Gasteiger partial charge >= 0.3 is 0 Å². The van der Waals surface area contributed by atoms with Crippen molar-refractivity contribution in [1.29, 1.82) is 0 Å². The van der Waals surface area contributed by atoms with Gasteiger partial charge in [-0.2, -0.15) is 5.10 Å². The second-order valence-corrected chi connectivity index (χ2v) is 5.13. The Bertz CT molecular complexity index is 651. The molecule has 1 aliphatic rings. The Balaban J connectivity index is 2.04. The van der Waals surface area contributed by atoms with Crippen molar-refractivity contribution in [1.82, 2.24) is 9.78 Å². The molecule has 1 aromatic carbocycles. The van der Waals surface area contributed by atoms with Crippen molar-refractivity contribution in [3.05, 3.63) is 40.8 Å². The summed E-state index contributed by atoms with van der Waals surface area (Å²) >= 11 is 0. The molecule has 0 aliphatic carbocycles. The molecule has 1 atom stereocenters. The van der Waals surface area contributed by atoms with Gasteiger partial charge in [0.1, 0.15) is 5.82 Å². The number of ether oxygens (including phenoxy) is 1. The number of hydrogen-bond acceptors (Lipinski definition) is 3. The first-order valence-electron chi connectivity index (χ1n) is 6.75. The summed E-state index contributed by atoms with van der Waals surface area (Å²) in [5, 5.41) is 7.95. The quantitative estimate of drug-likeness (QED) is 0.915. The van der Waals surface area contributed by atoms with E-state index in [-0.39, 0.29) is 17.6 Å². The summed E-state index contributed by atoms with van der Waals surface area (Å²) in [7, 11) is 1.47. The predicted octanol–water partition coefficient (Wildman–Crippen LogP) is 3.05. The zero-order chi connectivity index (χ0) is 14.3. The van der Waals surface area contributed by atoms with Crippen LogP contribution in [0.25, 0.3) is 0 Å². The molecule has 0 bridgehead atoms. The molecule has 0 saturated carbocycles. The Morgan fingerprint density at radius 1 is 1.40 bits per heavy atom. The molecule has 4 nitrogen and oxygen atoms in total. The number of benzene rings is 1. The molecular formula is C15H18FN3O. The summed E-state index contributed by atoms with van der Waals surface area (Å²) in [5.41, 5.74) is 3.09. The van der Waals surface area contributed by atoms with Gasteiger partial charge in [-0.25, -0.2) is 9.07 Å². The standard InChI is InChI=1S/C15H18FN3O/c1-9-10(2)18-19-13(6-7-17-15(9)19)11-4-5-14(20-3)12(16)8-11/h4-5,8,13,17H,6-7H2,1-3H3. The van der Waals surface area contributed by atoms with Crippen molar-refractivity contribution < 1.29 is 9.13 Å². The minimum Gasteiger partial charge on any atom is -0.494 e. The molecule has 106 valence electrons. The molecule has 20 heavy (non-hydrogen) atoms. The highest BCUT2D eigenvalue weighted by Crippen LogP contribution is 2.33. The van der Waals surface area contributed by atoms with Gasteiger partial charge in [-0.3, -0.25) is 0 Å². The van der Waals surface area contributed by atoms with E-state index in [1.54, 1.807) is 12.1 Å². The Morgan fingerprint density at radius 2 is 2.20 bits per heavy atom. The van der Waals surface area contributed by atoms with Crippen LogP contribution in [0.5, 0.6) is 5.75 Å². The van der Waals surface area contributed by atoms with Crippen molar-refractivity contribution in [3.63, 3.8) is 0 Å². The van der Waals surface area contributed by atoms with E-state index in [0.29, 0.717) is 0 Å². The summed E-state index contributed by atoms with van der Waals surface area (Å²) in [6.07, 6.45) is 0.888. The average Bonchev–Trinajstić information content (AvgIpc) is 2.74. The van der Waals surface area contributed by atoms with Gasteiger partial charge in [-0.1, -0.05) is 6.07 Å². The number of hydrogen-bond donors (Lipinski definition) is 1. The summed E-state index contributed by atoms with van der Waals surface area (Å²) in [6.45, 7) is 4.91. The van der Waals surface area contributed by atoms with Crippen LogP contribution < -0.4 is 10.1 Å². The lowest BCUT2D eigenvalue weighted by Crippen LogP contribution is -2.24. The monoisotopic (exact) mass is 275 g/mol. The Kier molecular flexibility index (Phi) is 3.12. The van der Waals surface area contributed by atoms with Gasteiger partial charge in [0.15, 0.2) is 11.6 Å². The van der Waals surface area contributed by atoms with Gasteiger partial charge < -0.3 is 10.1 Å². The van der Waals surface area contributed by atoms with E-state index >= 15 is 0 Å². The van der Waals surface area contributed by atoms with E-state index in [2.05, 4.69) is 17.3 Å². The minimum atomic E-state index is -0.328. The average molecular weight is 275 g/mol. The number of anilines is 1. The summed E-state index contributed by atoms with van der Waals surface area (Å²) in [6, 6.07) is 5.20. The highest BCUT2D eigenvalue weighted by molar-refractivity contribution is 5.49. The van der Waals surface area contributed by atoms with E-state index < -0.39 is 0 Å². The second kappa shape index (κ2) is 4.81. The summed E-state index contributed by atoms with van der Waals surface area (Å²) in [5.74, 6) is 0.983. The highest BCUT2D eigenvalue weighted by atomic mass is 19.1. The molecule has 0 amide bonds. The van der Waals surface area contributed by atoms with Crippen molar-refractivity contribution in [2.75, 3.05) is 19.0 Å². The third-order valence-electron chi connectivity index (χ3n) is 3.95. The number of nitrogens with one attached hydrogen (secondary N) is 1. The Morgan fingerprint density at radius 3 is 2.90 bits per heavy atom. The maximum atomic E-state index is 13.9. The molecule has 5 heteroatoms. The van der Waals surface area contributed by atoms with Crippen molar-refractivity contribution in [2.45, 2.75) is 26.3 Å². The normalized spacial score (nSPS) is 17.5. The second-order valence-electron chi connectivity index (χ2n) is 5.13. The number of halogens is 1. The van der Waals surface area contributed by atoms with Crippen LogP contribution in [0.3, 0.4) is 0 Å². The molecule has 1 unspecified atom stereocenters. The molecule has 0 saturated heterocycles. The predicted molar refractivity (Wildman–Crippen MR) is 75.9 cm³/mol. The molecule has 0 radical (unpaired) electrons. The zero-order valence-electron chi connectivity index (χ0n) is 11.9. The maximum absolute atomic E-state index is 13.9. The van der Waals surface area contributed by atoms with Crippen LogP contribution in [0.4, 0.5) is 10.2 Å². The topological polar surface area (TPSA) is 39.1 Å². The van der Waals surface area contributed by atoms with Crippen LogP contribution in [-0.2, 0) is 0 Å². The van der Waals surface area contributed by atoms with Crippen LogP contribution in [-0.4, -0.2) is 23.4 Å². The van der Waals surface area contributed by atoms with Gasteiger partial charge in [-0.05, 0) is 38.0 Å². The van der Waals surface area contributed by atoms with Gasteiger partial charge in [0.05, 0.1) is 18.8 Å². The highest BCUT2D eigenvalue weighted by Gasteiger charge is 2.25. The fourth-order valence-corrected chi connectivity index (χ4v) is 2.72. The van der Waals surface area contributed by atoms with Crippen molar-refractivity contribution in [2.24, 2.45) is 0 Å². The Labute approximate surface area is 117 Å². The number of methoxy groups -OCH3 is 1. The Hall–Kier alpha value is -2.04. The van der Waals surface area contributed by atoms with E-state index in [0.717, 1.165) is 35.6 Å². The number of aryl methyl sites for hydroxylation is 1. The molecule has 2 heterocycles. The molecule has 3 rings (SSSR count). The van der Waals surface area contributed by atoms with E-state index in [1.807, 2.05) is 17.7 Å². The SMILES string of the molecule is COc1ccc(C2CCNc3c(C)c(C)nn32)cc1F. The van der Waals surface area contributed by atoms with Gasteiger partial charge in [0, 0.05) is 12.1 Å². The molecule has 1 aromatic heterocycles. The first-order valence-corrected chi connectivity index (χ1v) is 6.75. The third kappa shape index (κ3) is 1.94. The fraction of sp³-hybridized carbons (Fsp3) is 0.400. The lowest BCUT2D eigenvalue weighted by Gasteiger charge is -2.26. The first-order chi connectivity index (χ1) is 9.61. The number of nitrogens with zero attached hydrogens (tertiary/aromatic N) is 2. The lowest BCUT2D eigenvalue weighted by molar-refractivity contribution is 0.384. The third-order valence-corrected chi connectivity index (χ3v) is 3.95. The number of aromatic nitrogens is 2. The molecular weight excluding hydrogens is 257 g/mol. The minimum absolute atomic E-state index is 0.0686. The van der Waals surface area contributed by atoms with Crippen LogP contribution in [0.15, 0.2) is 18.2 Å². The van der Waals surface area contributed by atoms with Gasteiger partial charge in [0.25, 0.3) is 0 Å². The van der Waals surface area contributed by atoms with Crippen LogP contribution in [0.1, 0.15) is 29.3 Å². The number of rotatable bonds is 2. The molecule has 1 aliphatic heterocycles. The largest absolute Gasteiger partial charge is 0.494 e. The smallest absolute Gasteiger partial charge is 0.165 e. The maximum Gasteiger partial charge on any atom is 0.165 e. The fourth-order valence-electron chi connectivity index (χ4n) is 2.72. The first kappa shape index (κ1) is 13.0. The van der Waals surface area contributed by atoms with Gasteiger partial charge in [-0.15, -0.1) is 0 Å². The number of fused-ring (bicyclic) bond motifs is 1. The van der Waals surface area contributed by atoms with E-state index in [4.69, 9.17) is 4.74 Å². The lowest BCUT2D eigenvalue weighted by atomic mass is 10.0. The molecule has 2 aromatic rings. The van der Waals surface area contributed by atoms with Crippen LogP contribution in [0.2, 0.25) is 0 Å². The summed E-state index contributed by atoms with van der Waals surface area (Å²) < 4.78 is 20.8. The van der Waals surface area contributed by atoms with Crippen molar-refractivity contribution >= 4 is 5.82 Å². The van der Waals surface area contributed by atoms with E-state index in [9.17, 15) is 4.39 Å². The zero-order valence-corrected chi connectivity index (χ0v) is 11.9.